The zero-order valence-electron chi connectivity index (χ0n) is 11.7. The monoisotopic (exact) mass is 277 g/mol. The molecule has 1 atom stereocenters. The molecule has 0 spiro atoms. The summed E-state index contributed by atoms with van der Waals surface area (Å²) < 4.78 is 10.5. The molecule has 0 saturated heterocycles. The fourth-order valence-corrected chi connectivity index (χ4v) is 1.65. The summed E-state index contributed by atoms with van der Waals surface area (Å²) in [7, 11) is 0. The zero-order valence-corrected chi connectivity index (χ0v) is 11.7. The number of hydrogen-bond acceptors (Lipinski definition) is 4. The third kappa shape index (κ3) is 3.74. The van der Waals surface area contributed by atoms with Crippen molar-refractivity contribution in [2.24, 2.45) is 0 Å². The lowest BCUT2D eigenvalue weighted by Gasteiger charge is -2.20. The van der Waals surface area contributed by atoms with Gasteiger partial charge in [0.15, 0.2) is 11.5 Å². The van der Waals surface area contributed by atoms with Gasteiger partial charge in [0, 0.05) is 12.6 Å². The molecule has 1 aromatic carbocycles. The van der Waals surface area contributed by atoms with Gasteiger partial charge in [-0.2, -0.15) is 0 Å². The molecule has 1 amide bonds. The number of carbonyl (C=O) groups excluding carboxylic acids is 1. The highest BCUT2D eigenvalue weighted by molar-refractivity contribution is 5.91. The molecule has 0 fully saturated rings. The molecule has 0 radical (unpaired) electrons. The van der Waals surface area contributed by atoms with Crippen molar-refractivity contribution in [2.45, 2.75) is 25.9 Å². The van der Waals surface area contributed by atoms with Gasteiger partial charge in [-0.1, -0.05) is 13.0 Å². The minimum atomic E-state index is -0.873. The van der Waals surface area contributed by atoms with Gasteiger partial charge in [-0.25, -0.2) is 0 Å². The molecule has 1 aromatic rings. The largest absolute Gasteiger partial charge is 0.454 e. The second kappa shape index (κ2) is 5.96. The van der Waals surface area contributed by atoms with Crippen molar-refractivity contribution in [1.29, 1.82) is 0 Å². The average Bonchev–Trinajstić information content (AvgIpc) is 2.90. The molecular formula is C15H19NO4. The first-order chi connectivity index (χ1) is 9.50. The van der Waals surface area contributed by atoms with Crippen molar-refractivity contribution in [1.82, 2.24) is 5.32 Å². The van der Waals surface area contributed by atoms with Crippen LogP contribution in [0, 0.1) is 0 Å². The van der Waals surface area contributed by atoms with E-state index in [1.165, 1.54) is 6.08 Å². The van der Waals surface area contributed by atoms with Crippen LogP contribution in [-0.2, 0) is 4.79 Å². The molecule has 1 aliphatic rings. The third-order valence-corrected chi connectivity index (χ3v) is 3.23. The first-order valence-corrected chi connectivity index (χ1v) is 6.58. The summed E-state index contributed by atoms with van der Waals surface area (Å²) in [6.45, 7) is 4.02. The van der Waals surface area contributed by atoms with Crippen LogP contribution in [0.2, 0.25) is 0 Å². The first kappa shape index (κ1) is 14.4. The number of ether oxygens (including phenoxy) is 2. The lowest BCUT2D eigenvalue weighted by Crippen LogP contribution is -2.39. The third-order valence-electron chi connectivity index (χ3n) is 3.23. The quantitative estimate of drug-likeness (QED) is 0.804. The molecule has 0 saturated carbocycles. The Morgan fingerprint density at radius 2 is 2.20 bits per heavy atom. The van der Waals surface area contributed by atoms with E-state index >= 15 is 0 Å². The van der Waals surface area contributed by atoms with Crippen LogP contribution in [0.3, 0.4) is 0 Å². The Morgan fingerprint density at radius 1 is 1.45 bits per heavy atom. The van der Waals surface area contributed by atoms with Crippen LogP contribution in [0.15, 0.2) is 24.3 Å². The molecule has 5 nitrogen and oxygen atoms in total. The van der Waals surface area contributed by atoms with Crippen LogP contribution in [0.4, 0.5) is 0 Å². The average molecular weight is 277 g/mol. The lowest BCUT2D eigenvalue weighted by molar-refractivity contribution is -0.117. The van der Waals surface area contributed by atoms with E-state index in [1.54, 1.807) is 13.0 Å². The minimum Gasteiger partial charge on any atom is -0.454 e. The van der Waals surface area contributed by atoms with Crippen LogP contribution >= 0.6 is 0 Å². The van der Waals surface area contributed by atoms with Crippen LogP contribution in [-0.4, -0.2) is 30.0 Å². The summed E-state index contributed by atoms with van der Waals surface area (Å²) in [5.74, 6) is 1.16. The molecule has 108 valence electrons. The molecule has 5 heteroatoms. The first-order valence-electron chi connectivity index (χ1n) is 6.58. The van der Waals surface area contributed by atoms with Crippen molar-refractivity contribution in [3.05, 3.63) is 29.8 Å². The van der Waals surface area contributed by atoms with Gasteiger partial charge in [-0.15, -0.1) is 0 Å². The number of aliphatic hydroxyl groups is 1. The second-order valence-corrected chi connectivity index (χ2v) is 5.01. The molecule has 1 unspecified atom stereocenters. The van der Waals surface area contributed by atoms with Crippen molar-refractivity contribution >= 4 is 12.0 Å². The van der Waals surface area contributed by atoms with Crippen LogP contribution in [0.1, 0.15) is 25.8 Å². The van der Waals surface area contributed by atoms with Crippen LogP contribution in [0.25, 0.3) is 6.08 Å². The molecule has 0 aromatic heterocycles. The number of carbonyl (C=O) groups is 1. The summed E-state index contributed by atoms with van der Waals surface area (Å²) >= 11 is 0. The fourth-order valence-electron chi connectivity index (χ4n) is 1.65. The molecule has 1 aliphatic heterocycles. The maximum atomic E-state index is 11.6. The summed E-state index contributed by atoms with van der Waals surface area (Å²) in [6.07, 6.45) is 3.71. The Hall–Kier alpha value is -2.01. The topological polar surface area (TPSA) is 67.8 Å². The minimum absolute atomic E-state index is 0.230. The maximum Gasteiger partial charge on any atom is 0.244 e. The summed E-state index contributed by atoms with van der Waals surface area (Å²) in [5, 5.41) is 12.5. The van der Waals surface area contributed by atoms with Crippen molar-refractivity contribution in [3.8, 4) is 11.5 Å². The summed E-state index contributed by atoms with van der Waals surface area (Å²) in [4.78, 5) is 11.6. The molecule has 2 rings (SSSR count). The highest BCUT2D eigenvalue weighted by Crippen LogP contribution is 2.32. The van der Waals surface area contributed by atoms with E-state index in [4.69, 9.17) is 9.47 Å². The Labute approximate surface area is 118 Å². The second-order valence-electron chi connectivity index (χ2n) is 5.01. The van der Waals surface area contributed by atoms with E-state index in [0.717, 1.165) is 5.56 Å². The number of nitrogens with one attached hydrogen (secondary N) is 1. The van der Waals surface area contributed by atoms with Crippen molar-refractivity contribution < 1.29 is 19.4 Å². The van der Waals surface area contributed by atoms with Gasteiger partial charge in [0.2, 0.25) is 12.7 Å². The Morgan fingerprint density at radius 3 is 2.95 bits per heavy atom. The van der Waals surface area contributed by atoms with E-state index in [1.807, 2.05) is 25.1 Å². The molecule has 20 heavy (non-hydrogen) atoms. The standard InChI is InChI=1S/C15H19NO4/c1-3-15(2,18)9-16-14(17)7-5-11-4-6-12-13(8-11)20-10-19-12/h4-8,18H,3,9-10H2,1-2H3,(H,16,17). The van der Waals surface area contributed by atoms with Gasteiger partial charge in [0.25, 0.3) is 0 Å². The fraction of sp³-hybridized carbons (Fsp3) is 0.400. The van der Waals surface area contributed by atoms with Crippen molar-refractivity contribution in [3.63, 3.8) is 0 Å². The van der Waals surface area contributed by atoms with Gasteiger partial charge in [0.1, 0.15) is 0 Å². The van der Waals surface area contributed by atoms with Gasteiger partial charge in [0.05, 0.1) is 5.60 Å². The highest BCUT2D eigenvalue weighted by Gasteiger charge is 2.17. The predicted molar refractivity (Wildman–Crippen MR) is 75.5 cm³/mol. The molecule has 0 aliphatic carbocycles. The molecule has 1 heterocycles. The number of fused-ring (bicyclic) bond motifs is 1. The number of amides is 1. The van der Waals surface area contributed by atoms with E-state index in [9.17, 15) is 9.90 Å². The Kier molecular flexibility index (Phi) is 4.29. The number of rotatable bonds is 5. The smallest absolute Gasteiger partial charge is 0.244 e. The molecule has 2 N–H and O–H groups in total. The van der Waals surface area contributed by atoms with Crippen molar-refractivity contribution in [2.75, 3.05) is 13.3 Å². The molecular weight excluding hydrogens is 258 g/mol. The highest BCUT2D eigenvalue weighted by atomic mass is 16.7. The number of benzene rings is 1. The zero-order chi connectivity index (χ0) is 14.6. The van der Waals surface area contributed by atoms with Gasteiger partial charge < -0.3 is 19.9 Å². The van der Waals surface area contributed by atoms with Crippen LogP contribution in [0.5, 0.6) is 11.5 Å². The lowest BCUT2D eigenvalue weighted by atomic mass is 10.0. The summed E-state index contributed by atoms with van der Waals surface area (Å²) in [6, 6.07) is 5.47. The normalized spacial score (nSPS) is 16.1. The number of hydrogen-bond donors (Lipinski definition) is 2. The van der Waals surface area contributed by atoms with Gasteiger partial charge >= 0.3 is 0 Å². The van der Waals surface area contributed by atoms with Gasteiger partial charge in [-0.3, -0.25) is 4.79 Å². The van der Waals surface area contributed by atoms with Crippen LogP contribution < -0.4 is 14.8 Å². The Balaban J connectivity index is 1.91. The van der Waals surface area contributed by atoms with E-state index in [-0.39, 0.29) is 19.2 Å². The SMILES string of the molecule is CCC(C)(O)CNC(=O)C=Cc1ccc2c(c1)OCO2. The summed E-state index contributed by atoms with van der Waals surface area (Å²) in [5.41, 5.74) is -0.0194. The van der Waals surface area contributed by atoms with E-state index < -0.39 is 5.60 Å². The maximum absolute atomic E-state index is 11.6. The Bertz CT molecular complexity index is 523. The van der Waals surface area contributed by atoms with Gasteiger partial charge in [-0.05, 0) is 37.1 Å². The van der Waals surface area contributed by atoms with E-state index in [2.05, 4.69) is 5.32 Å². The predicted octanol–water partition coefficient (Wildman–Crippen LogP) is 1.71. The molecule has 0 bridgehead atoms. The van der Waals surface area contributed by atoms with E-state index in [0.29, 0.717) is 17.9 Å².